The van der Waals surface area contributed by atoms with E-state index in [0.717, 1.165) is 5.56 Å². The first-order valence-corrected chi connectivity index (χ1v) is 7.67. The van der Waals surface area contributed by atoms with Crippen molar-refractivity contribution < 1.29 is 19.7 Å². The van der Waals surface area contributed by atoms with Crippen LogP contribution in [0.15, 0.2) is 54.6 Å². The van der Waals surface area contributed by atoms with Gasteiger partial charge in [0.1, 0.15) is 5.75 Å². The average Bonchev–Trinajstić information content (AvgIpc) is 2.59. The molecule has 0 atom stereocenters. The molecule has 0 amide bonds. The summed E-state index contributed by atoms with van der Waals surface area (Å²) >= 11 is 0. The minimum Gasteiger partial charge on any atom is -0.497 e. The summed E-state index contributed by atoms with van der Waals surface area (Å²) in [5, 5.41) is 9.10. The Hall–Kier alpha value is -2.59. The molecule has 0 aliphatic heterocycles. The lowest BCUT2D eigenvalue weighted by Crippen LogP contribution is -2.11. The largest absolute Gasteiger partial charge is 0.497 e. The lowest BCUT2D eigenvalue weighted by molar-refractivity contribution is -0.170. The third-order valence-corrected chi connectivity index (χ3v) is 3.77. The number of hydrogen-bond acceptors (Lipinski definition) is 4. The number of ether oxygens (including phenoxy) is 1. The highest BCUT2D eigenvalue weighted by Gasteiger charge is 2.14. The fraction of sp³-hybridized carbons (Fsp3) is 0.250. The number of carbonyl (C=O) groups excluding carboxylic acids is 1. The van der Waals surface area contributed by atoms with E-state index >= 15 is 0 Å². The van der Waals surface area contributed by atoms with Crippen molar-refractivity contribution in [3.63, 3.8) is 0 Å². The molecule has 24 heavy (non-hydrogen) atoms. The standard InChI is InChI=1S/C20H22O4/c1-20(2,3)16-9-5-14(6-10-16)18(21)13-19(24-22)15-7-11-17(23-4)12-8-15/h5-13,22H,1-4H3/b19-13-. The Bertz CT molecular complexity index is 720. The molecule has 0 aromatic heterocycles. The Balaban J connectivity index is 2.24. The van der Waals surface area contributed by atoms with Gasteiger partial charge in [-0.05, 0) is 35.2 Å². The fourth-order valence-corrected chi connectivity index (χ4v) is 2.25. The number of benzene rings is 2. The summed E-state index contributed by atoms with van der Waals surface area (Å²) in [6.07, 6.45) is 1.27. The van der Waals surface area contributed by atoms with Crippen LogP contribution in [0.25, 0.3) is 5.76 Å². The van der Waals surface area contributed by atoms with Crippen LogP contribution in [0.2, 0.25) is 0 Å². The second-order valence-corrected chi connectivity index (χ2v) is 6.52. The maximum Gasteiger partial charge on any atom is 0.189 e. The molecule has 0 unspecified atom stereocenters. The van der Waals surface area contributed by atoms with Gasteiger partial charge < -0.3 is 9.62 Å². The van der Waals surface area contributed by atoms with Gasteiger partial charge in [0.25, 0.3) is 0 Å². The monoisotopic (exact) mass is 326 g/mol. The number of methoxy groups -OCH3 is 1. The second-order valence-electron chi connectivity index (χ2n) is 6.52. The molecule has 0 heterocycles. The van der Waals surface area contributed by atoms with Crippen molar-refractivity contribution in [3.8, 4) is 5.75 Å². The van der Waals surface area contributed by atoms with Crippen LogP contribution >= 0.6 is 0 Å². The third-order valence-electron chi connectivity index (χ3n) is 3.77. The Morgan fingerprint density at radius 2 is 1.50 bits per heavy atom. The van der Waals surface area contributed by atoms with E-state index < -0.39 is 0 Å². The molecule has 1 N–H and O–H groups in total. The molecule has 0 spiro atoms. The summed E-state index contributed by atoms with van der Waals surface area (Å²) in [5.41, 5.74) is 2.29. The van der Waals surface area contributed by atoms with Crippen LogP contribution in [-0.2, 0) is 10.3 Å². The molecule has 2 aromatic carbocycles. The van der Waals surface area contributed by atoms with Crippen molar-refractivity contribution >= 4 is 11.5 Å². The molecule has 0 aliphatic rings. The predicted octanol–water partition coefficient (Wildman–Crippen LogP) is 4.71. The second kappa shape index (κ2) is 7.32. The number of allylic oxidation sites excluding steroid dienone is 1. The molecule has 0 saturated carbocycles. The summed E-state index contributed by atoms with van der Waals surface area (Å²) in [5.74, 6) is 0.526. The van der Waals surface area contributed by atoms with Crippen molar-refractivity contribution in [2.45, 2.75) is 26.2 Å². The number of rotatable bonds is 5. The van der Waals surface area contributed by atoms with Crippen LogP contribution in [0.3, 0.4) is 0 Å². The van der Waals surface area contributed by atoms with Gasteiger partial charge in [0.05, 0.1) is 7.11 Å². The van der Waals surface area contributed by atoms with E-state index in [-0.39, 0.29) is 17.0 Å². The zero-order chi connectivity index (χ0) is 17.7. The highest BCUT2D eigenvalue weighted by atomic mass is 17.1. The first kappa shape index (κ1) is 17.8. The van der Waals surface area contributed by atoms with Crippen molar-refractivity contribution in [3.05, 3.63) is 71.3 Å². The zero-order valence-corrected chi connectivity index (χ0v) is 14.4. The maximum absolute atomic E-state index is 12.4. The lowest BCUT2D eigenvalue weighted by atomic mass is 9.86. The van der Waals surface area contributed by atoms with E-state index in [9.17, 15) is 4.79 Å². The first-order chi connectivity index (χ1) is 11.3. The van der Waals surface area contributed by atoms with E-state index in [2.05, 4.69) is 25.7 Å². The first-order valence-electron chi connectivity index (χ1n) is 7.67. The van der Waals surface area contributed by atoms with E-state index in [1.165, 1.54) is 6.08 Å². The smallest absolute Gasteiger partial charge is 0.189 e. The molecule has 0 radical (unpaired) electrons. The molecule has 2 aromatic rings. The summed E-state index contributed by atoms with van der Waals surface area (Å²) in [6.45, 7) is 6.35. The SMILES string of the molecule is COc1ccc(/C(=C/C(=O)c2ccc(C(C)(C)C)cc2)OO)cc1. The molecule has 0 saturated heterocycles. The summed E-state index contributed by atoms with van der Waals surface area (Å²) in [7, 11) is 1.57. The predicted molar refractivity (Wildman–Crippen MR) is 94.2 cm³/mol. The van der Waals surface area contributed by atoms with E-state index in [1.54, 1.807) is 43.5 Å². The molecule has 4 heteroatoms. The molecule has 0 aliphatic carbocycles. The summed E-state index contributed by atoms with van der Waals surface area (Å²) in [4.78, 5) is 16.8. The molecule has 4 nitrogen and oxygen atoms in total. The van der Waals surface area contributed by atoms with E-state index in [1.807, 2.05) is 12.1 Å². The van der Waals surface area contributed by atoms with Gasteiger partial charge in [-0.3, -0.25) is 4.79 Å². The van der Waals surface area contributed by atoms with Crippen LogP contribution in [0.4, 0.5) is 0 Å². The quantitative estimate of drug-likeness (QED) is 0.284. The molecular weight excluding hydrogens is 304 g/mol. The van der Waals surface area contributed by atoms with Gasteiger partial charge in [-0.25, -0.2) is 5.26 Å². The van der Waals surface area contributed by atoms with Crippen molar-refractivity contribution in [2.24, 2.45) is 0 Å². The minimum absolute atomic E-state index is 0.0277. The van der Waals surface area contributed by atoms with E-state index in [4.69, 9.17) is 9.99 Å². The van der Waals surface area contributed by atoms with Crippen molar-refractivity contribution in [1.29, 1.82) is 0 Å². The van der Waals surface area contributed by atoms with Crippen molar-refractivity contribution in [1.82, 2.24) is 0 Å². The topological polar surface area (TPSA) is 55.8 Å². The third kappa shape index (κ3) is 4.24. The van der Waals surface area contributed by atoms with Crippen LogP contribution in [0, 0.1) is 0 Å². The number of hydrogen-bond donors (Lipinski definition) is 1. The van der Waals surface area contributed by atoms with Crippen LogP contribution in [-0.4, -0.2) is 18.2 Å². The Kier molecular flexibility index (Phi) is 5.42. The Labute approximate surface area is 142 Å². The van der Waals surface area contributed by atoms with Crippen LogP contribution in [0.5, 0.6) is 5.75 Å². The zero-order valence-electron chi connectivity index (χ0n) is 14.4. The van der Waals surface area contributed by atoms with Gasteiger partial charge in [0.2, 0.25) is 0 Å². The molecule has 0 fully saturated rings. The normalized spacial score (nSPS) is 12.0. The lowest BCUT2D eigenvalue weighted by Gasteiger charge is -2.18. The molecular formula is C20H22O4. The summed E-state index contributed by atoms with van der Waals surface area (Å²) < 4.78 is 5.08. The van der Waals surface area contributed by atoms with Gasteiger partial charge in [-0.15, -0.1) is 0 Å². The number of ketones is 1. The Morgan fingerprint density at radius 1 is 0.958 bits per heavy atom. The molecule has 126 valence electrons. The van der Waals surface area contributed by atoms with Gasteiger partial charge in [0.15, 0.2) is 11.5 Å². The molecule has 0 bridgehead atoms. The Morgan fingerprint density at radius 3 is 1.96 bits per heavy atom. The highest BCUT2D eigenvalue weighted by molar-refractivity contribution is 6.07. The highest BCUT2D eigenvalue weighted by Crippen LogP contribution is 2.23. The van der Waals surface area contributed by atoms with Crippen LogP contribution in [0.1, 0.15) is 42.3 Å². The fourth-order valence-electron chi connectivity index (χ4n) is 2.25. The van der Waals surface area contributed by atoms with Gasteiger partial charge >= 0.3 is 0 Å². The van der Waals surface area contributed by atoms with Gasteiger partial charge in [-0.2, -0.15) is 0 Å². The average molecular weight is 326 g/mol. The maximum atomic E-state index is 12.4. The van der Waals surface area contributed by atoms with Gasteiger partial charge in [-0.1, -0.05) is 45.0 Å². The number of carbonyl (C=O) groups is 1. The van der Waals surface area contributed by atoms with Gasteiger partial charge in [0, 0.05) is 17.2 Å². The minimum atomic E-state index is -0.240. The van der Waals surface area contributed by atoms with Crippen molar-refractivity contribution in [2.75, 3.05) is 7.11 Å². The summed E-state index contributed by atoms with van der Waals surface area (Å²) in [6, 6.07) is 14.3. The van der Waals surface area contributed by atoms with Crippen LogP contribution < -0.4 is 4.74 Å². The molecule has 2 rings (SSSR count). The van der Waals surface area contributed by atoms with E-state index in [0.29, 0.717) is 16.9 Å².